The molecule has 4 unspecified atom stereocenters. The van der Waals surface area contributed by atoms with Gasteiger partial charge >= 0.3 is 5.97 Å². The van der Waals surface area contributed by atoms with E-state index >= 15 is 0 Å². The fourth-order valence-corrected chi connectivity index (χ4v) is 3.49. The van der Waals surface area contributed by atoms with Gasteiger partial charge in [0.1, 0.15) is 18.1 Å². The van der Waals surface area contributed by atoms with E-state index in [2.05, 4.69) is 16.0 Å². The number of amides is 4. The molecule has 35 heavy (non-hydrogen) atoms. The summed E-state index contributed by atoms with van der Waals surface area (Å²) in [7, 11) is 0. The Balaban J connectivity index is 2.91. The average Bonchev–Trinajstić information content (AvgIpc) is 2.82. The fourth-order valence-electron chi connectivity index (χ4n) is 3.00. The zero-order valence-electron chi connectivity index (χ0n) is 19.4. The van der Waals surface area contributed by atoms with Crippen molar-refractivity contribution < 1.29 is 34.2 Å². The van der Waals surface area contributed by atoms with E-state index in [0.29, 0.717) is 17.7 Å². The largest absolute Gasteiger partial charge is 0.480 e. The van der Waals surface area contributed by atoms with Crippen molar-refractivity contribution in [3.05, 3.63) is 35.9 Å². The standard InChI is InChI=1S/C22H33N5O7S/c1-35-10-9-14(23)19(30)27-17(12-28)21(32)25-15(7-8-18(24)29)20(31)26-16(22(33)34)11-13-5-3-2-4-6-13/h2-6,14-17,28H,7-12,23H2,1H3,(H2,24,29)(H,25,32)(H,26,31)(H,27,30)(H,33,34). The monoisotopic (exact) mass is 511 g/mol. The lowest BCUT2D eigenvalue weighted by molar-refractivity contribution is -0.142. The molecule has 9 N–H and O–H groups in total. The lowest BCUT2D eigenvalue weighted by Crippen LogP contribution is -2.58. The van der Waals surface area contributed by atoms with Gasteiger partial charge in [-0.1, -0.05) is 30.3 Å². The van der Waals surface area contributed by atoms with Gasteiger partial charge in [-0.3, -0.25) is 19.2 Å². The van der Waals surface area contributed by atoms with Crippen molar-refractivity contribution in [2.75, 3.05) is 18.6 Å². The van der Waals surface area contributed by atoms with Crippen molar-refractivity contribution in [1.29, 1.82) is 0 Å². The number of carboxylic acids is 1. The number of carboxylic acid groups (broad SMARTS) is 1. The van der Waals surface area contributed by atoms with E-state index in [-0.39, 0.29) is 19.3 Å². The number of aliphatic carboxylic acids is 1. The molecular weight excluding hydrogens is 478 g/mol. The van der Waals surface area contributed by atoms with Gasteiger partial charge in [0.25, 0.3) is 0 Å². The van der Waals surface area contributed by atoms with Crippen molar-refractivity contribution in [3.63, 3.8) is 0 Å². The van der Waals surface area contributed by atoms with E-state index in [9.17, 15) is 34.2 Å². The van der Waals surface area contributed by atoms with Crippen LogP contribution >= 0.6 is 11.8 Å². The molecule has 0 aliphatic heterocycles. The molecule has 0 spiro atoms. The summed E-state index contributed by atoms with van der Waals surface area (Å²) in [6.07, 6.45) is 1.70. The topological polar surface area (TPSA) is 214 Å². The summed E-state index contributed by atoms with van der Waals surface area (Å²) in [5.74, 6) is -3.82. The third kappa shape index (κ3) is 11.2. The van der Waals surface area contributed by atoms with E-state index in [4.69, 9.17) is 11.5 Å². The second kappa shape index (κ2) is 15.7. The highest BCUT2D eigenvalue weighted by molar-refractivity contribution is 7.98. The van der Waals surface area contributed by atoms with Gasteiger partial charge in [-0.05, 0) is 30.4 Å². The fraction of sp³-hybridized carbons (Fsp3) is 0.500. The maximum absolute atomic E-state index is 12.8. The predicted molar refractivity (Wildman–Crippen MR) is 130 cm³/mol. The van der Waals surface area contributed by atoms with Crippen molar-refractivity contribution in [2.45, 2.75) is 49.9 Å². The zero-order valence-corrected chi connectivity index (χ0v) is 20.3. The minimum Gasteiger partial charge on any atom is -0.480 e. The molecular formula is C22H33N5O7S. The summed E-state index contributed by atoms with van der Waals surface area (Å²) in [6.45, 7) is -0.775. The first kappa shape index (κ1) is 29.9. The molecule has 4 atom stereocenters. The molecule has 1 aromatic carbocycles. The Hall–Kier alpha value is -3.16. The summed E-state index contributed by atoms with van der Waals surface area (Å²) in [5.41, 5.74) is 11.6. The van der Waals surface area contributed by atoms with Crippen molar-refractivity contribution in [2.24, 2.45) is 11.5 Å². The van der Waals surface area contributed by atoms with Crippen LogP contribution in [-0.4, -0.2) is 82.6 Å². The Morgan fingerprint density at radius 2 is 1.49 bits per heavy atom. The van der Waals surface area contributed by atoms with Crippen LogP contribution in [0.5, 0.6) is 0 Å². The Morgan fingerprint density at radius 1 is 0.914 bits per heavy atom. The molecule has 0 bridgehead atoms. The summed E-state index contributed by atoms with van der Waals surface area (Å²) in [6, 6.07) is 3.66. The lowest BCUT2D eigenvalue weighted by atomic mass is 10.0. The molecule has 0 radical (unpaired) electrons. The number of hydrogen-bond donors (Lipinski definition) is 7. The van der Waals surface area contributed by atoms with E-state index in [1.807, 2.05) is 6.26 Å². The molecule has 1 rings (SSSR count). The van der Waals surface area contributed by atoms with E-state index in [1.165, 1.54) is 11.8 Å². The molecule has 0 aromatic heterocycles. The molecule has 13 heteroatoms. The molecule has 0 aliphatic rings. The van der Waals surface area contributed by atoms with Crippen molar-refractivity contribution in [3.8, 4) is 0 Å². The van der Waals surface area contributed by atoms with Gasteiger partial charge in [0.2, 0.25) is 23.6 Å². The van der Waals surface area contributed by atoms with Crippen molar-refractivity contribution in [1.82, 2.24) is 16.0 Å². The molecule has 1 aromatic rings. The molecule has 0 saturated heterocycles. The second-order valence-corrected chi connectivity index (χ2v) is 8.77. The third-order valence-corrected chi connectivity index (χ3v) is 5.64. The van der Waals surface area contributed by atoms with Gasteiger partial charge < -0.3 is 37.6 Å². The number of carbonyl (C=O) groups is 5. The molecule has 0 aliphatic carbocycles. The normalized spacial score (nSPS) is 14.1. The molecule has 194 valence electrons. The summed E-state index contributed by atoms with van der Waals surface area (Å²) < 4.78 is 0. The zero-order chi connectivity index (χ0) is 26.4. The Kier molecular flexibility index (Phi) is 13.4. The minimum atomic E-state index is -1.41. The van der Waals surface area contributed by atoms with Gasteiger partial charge in [0, 0.05) is 12.8 Å². The van der Waals surface area contributed by atoms with Crippen LogP contribution in [0.1, 0.15) is 24.8 Å². The number of thioether (sulfide) groups is 1. The summed E-state index contributed by atoms with van der Waals surface area (Å²) in [5, 5.41) is 26.1. The number of primary amides is 1. The first-order valence-electron chi connectivity index (χ1n) is 10.9. The van der Waals surface area contributed by atoms with E-state index < -0.39 is 60.4 Å². The van der Waals surface area contributed by atoms with E-state index in [0.717, 1.165) is 0 Å². The average molecular weight is 512 g/mol. The van der Waals surface area contributed by atoms with Gasteiger partial charge in [0.05, 0.1) is 12.6 Å². The van der Waals surface area contributed by atoms with Crippen molar-refractivity contribution >= 4 is 41.4 Å². The van der Waals surface area contributed by atoms with Gasteiger partial charge in [-0.2, -0.15) is 11.8 Å². The number of aliphatic hydroxyl groups excluding tert-OH is 1. The number of hydrogen-bond acceptors (Lipinski definition) is 8. The molecule has 0 fully saturated rings. The van der Waals surface area contributed by atoms with Gasteiger partial charge in [-0.25, -0.2) is 4.79 Å². The Labute approximate surface area is 207 Å². The first-order chi connectivity index (χ1) is 16.6. The Bertz CT molecular complexity index is 871. The van der Waals surface area contributed by atoms with Crippen LogP contribution in [0.4, 0.5) is 0 Å². The highest BCUT2D eigenvalue weighted by atomic mass is 32.2. The van der Waals surface area contributed by atoms with Gasteiger partial charge in [0.15, 0.2) is 0 Å². The van der Waals surface area contributed by atoms with Crippen LogP contribution in [0.15, 0.2) is 30.3 Å². The van der Waals surface area contributed by atoms with Crippen LogP contribution in [0.2, 0.25) is 0 Å². The number of aliphatic hydroxyl groups is 1. The number of nitrogens with one attached hydrogen (secondary N) is 3. The number of carbonyl (C=O) groups excluding carboxylic acids is 4. The van der Waals surface area contributed by atoms with Crippen LogP contribution in [-0.2, 0) is 30.4 Å². The van der Waals surface area contributed by atoms with Gasteiger partial charge in [-0.15, -0.1) is 0 Å². The molecule has 0 saturated carbocycles. The highest BCUT2D eigenvalue weighted by Crippen LogP contribution is 2.06. The van der Waals surface area contributed by atoms with Crippen LogP contribution < -0.4 is 27.4 Å². The predicted octanol–water partition coefficient (Wildman–Crippen LogP) is -1.89. The number of benzene rings is 1. The molecule has 12 nitrogen and oxygen atoms in total. The summed E-state index contributed by atoms with van der Waals surface area (Å²) in [4.78, 5) is 60.7. The minimum absolute atomic E-state index is 0.0122. The smallest absolute Gasteiger partial charge is 0.326 e. The second-order valence-electron chi connectivity index (χ2n) is 7.79. The number of nitrogens with two attached hydrogens (primary N) is 2. The molecule has 0 heterocycles. The van der Waals surface area contributed by atoms with Crippen LogP contribution in [0.3, 0.4) is 0 Å². The van der Waals surface area contributed by atoms with Crippen LogP contribution in [0, 0.1) is 0 Å². The summed E-state index contributed by atoms with van der Waals surface area (Å²) >= 11 is 1.49. The lowest BCUT2D eigenvalue weighted by Gasteiger charge is -2.24. The number of rotatable bonds is 16. The Morgan fingerprint density at radius 3 is 2.03 bits per heavy atom. The maximum atomic E-state index is 12.8. The SMILES string of the molecule is CSCCC(N)C(=O)NC(CO)C(=O)NC(CCC(N)=O)C(=O)NC(Cc1ccccc1)C(=O)O. The highest BCUT2D eigenvalue weighted by Gasteiger charge is 2.30. The first-order valence-corrected chi connectivity index (χ1v) is 12.3. The third-order valence-electron chi connectivity index (χ3n) is 4.99. The molecule has 4 amide bonds. The van der Waals surface area contributed by atoms with E-state index in [1.54, 1.807) is 30.3 Å². The maximum Gasteiger partial charge on any atom is 0.326 e. The quantitative estimate of drug-likeness (QED) is 0.132. The van der Waals surface area contributed by atoms with Crippen LogP contribution in [0.25, 0.3) is 0 Å².